The van der Waals surface area contributed by atoms with Crippen molar-refractivity contribution in [1.82, 2.24) is 20.0 Å². The summed E-state index contributed by atoms with van der Waals surface area (Å²) < 4.78 is 36.0. The fraction of sp³-hybridized carbons (Fsp3) is 0.276. The molecule has 1 aliphatic heterocycles. The Balaban J connectivity index is 1.55. The van der Waals surface area contributed by atoms with Crippen molar-refractivity contribution < 1.29 is 23.1 Å². The fourth-order valence-electron chi connectivity index (χ4n) is 4.80. The first kappa shape index (κ1) is 28.9. The first-order chi connectivity index (χ1) is 20.2. The number of pyridine rings is 1. The van der Waals surface area contributed by atoms with Crippen molar-refractivity contribution in [1.29, 1.82) is 0 Å². The van der Waals surface area contributed by atoms with E-state index in [1.54, 1.807) is 43.3 Å². The van der Waals surface area contributed by atoms with E-state index < -0.39 is 23.8 Å². The van der Waals surface area contributed by atoms with Gasteiger partial charge < -0.3 is 15.4 Å². The Kier molecular flexibility index (Phi) is 8.34. The second-order valence-electron chi connectivity index (χ2n) is 9.99. The number of anilines is 3. The second kappa shape index (κ2) is 12.1. The van der Waals surface area contributed by atoms with Gasteiger partial charge in [-0.05, 0) is 50.1 Å². The van der Waals surface area contributed by atoms with Crippen LogP contribution in [-0.4, -0.2) is 39.1 Å². The molecule has 5 rings (SSSR count). The first-order valence-corrected chi connectivity index (χ1v) is 13.6. The summed E-state index contributed by atoms with van der Waals surface area (Å²) >= 11 is 5.97. The lowest BCUT2D eigenvalue weighted by Gasteiger charge is -2.23. The van der Waals surface area contributed by atoms with Crippen molar-refractivity contribution in [3.8, 4) is 16.8 Å². The lowest BCUT2D eigenvalue weighted by atomic mass is 9.95. The molecule has 3 heterocycles. The van der Waals surface area contributed by atoms with Crippen molar-refractivity contribution in [2.45, 2.75) is 39.2 Å². The Morgan fingerprint density at radius 1 is 1.17 bits per heavy atom. The minimum absolute atomic E-state index is 0.0362. The van der Waals surface area contributed by atoms with Gasteiger partial charge in [0.05, 0.1) is 41.4 Å². The Morgan fingerprint density at radius 2 is 1.98 bits per heavy atom. The zero-order valence-electron chi connectivity index (χ0n) is 23.0. The minimum atomic E-state index is -0.681. The molecule has 4 aromatic rings. The number of carbonyl (C=O) groups is 2. The summed E-state index contributed by atoms with van der Waals surface area (Å²) in [5, 5.41) is 17.1. The third kappa shape index (κ3) is 5.89. The molecule has 218 valence electrons. The van der Waals surface area contributed by atoms with Crippen LogP contribution in [0, 0.1) is 24.5 Å². The number of rotatable bonds is 4. The predicted octanol–water partition coefficient (Wildman–Crippen LogP) is 6.66. The molecule has 2 atom stereocenters. The van der Waals surface area contributed by atoms with E-state index >= 15 is 4.39 Å². The lowest BCUT2D eigenvalue weighted by Crippen LogP contribution is -2.22. The van der Waals surface area contributed by atoms with Gasteiger partial charge in [-0.15, -0.1) is 5.10 Å². The van der Waals surface area contributed by atoms with Crippen LogP contribution in [0.3, 0.4) is 0 Å². The number of methoxy groups -OCH3 is 1. The number of halogens is 3. The number of nitrogens with one attached hydrogen (secondary N) is 3. The number of nitrogens with zero attached hydrogens (tertiary/aromatic N) is 4. The van der Waals surface area contributed by atoms with Crippen LogP contribution < -0.4 is 16.0 Å². The molecule has 1 aliphatic rings. The maximum absolute atomic E-state index is 15.3. The molecule has 1 unspecified atom stereocenters. The number of aromatic nitrogens is 4. The minimum Gasteiger partial charge on any atom is -0.453 e. The van der Waals surface area contributed by atoms with Crippen LogP contribution in [0.2, 0.25) is 5.02 Å². The first-order valence-electron chi connectivity index (χ1n) is 13.2. The molecule has 2 bridgehead atoms. The maximum Gasteiger partial charge on any atom is 0.411 e. The van der Waals surface area contributed by atoms with Crippen molar-refractivity contribution >= 4 is 40.8 Å². The Bertz CT molecular complexity index is 1660. The molecule has 0 saturated heterocycles. The normalized spacial score (nSPS) is 16.9. The summed E-state index contributed by atoms with van der Waals surface area (Å²) in [6.07, 6.45) is 2.19. The average Bonchev–Trinajstić information content (AvgIpc) is 3.33. The second-order valence-corrected chi connectivity index (χ2v) is 10.4. The molecule has 2 aromatic heterocycles. The van der Waals surface area contributed by atoms with Gasteiger partial charge in [-0.1, -0.05) is 42.3 Å². The number of ether oxygens (including phenoxy) is 1. The predicted molar refractivity (Wildman–Crippen MR) is 155 cm³/mol. The third-order valence-corrected chi connectivity index (χ3v) is 7.47. The molecule has 0 radical (unpaired) electrons. The molecular formula is C29H28ClF2N7O3. The van der Waals surface area contributed by atoms with E-state index in [-0.39, 0.29) is 28.1 Å². The summed E-state index contributed by atoms with van der Waals surface area (Å²) in [7, 11) is 1.24. The van der Waals surface area contributed by atoms with Gasteiger partial charge in [0.15, 0.2) is 11.6 Å². The van der Waals surface area contributed by atoms with Crippen LogP contribution in [0.25, 0.3) is 16.8 Å². The summed E-state index contributed by atoms with van der Waals surface area (Å²) in [6.45, 7) is 3.55. The number of hydrogen-bond acceptors (Lipinski definition) is 7. The summed E-state index contributed by atoms with van der Waals surface area (Å²) in [4.78, 5) is 29.2. The van der Waals surface area contributed by atoms with E-state index in [4.69, 9.17) is 11.6 Å². The Morgan fingerprint density at radius 3 is 2.76 bits per heavy atom. The van der Waals surface area contributed by atoms with Gasteiger partial charge in [0.2, 0.25) is 5.91 Å². The van der Waals surface area contributed by atoms with Crippen LogP contribution in [-0.2, 0) is 9.53 Å². The number of hydrogen-bond donors (Lipinski definition) is 3. The van der Waals surface area contributed by atoms with E-state index in [9.17, 15) is 14.0 Å². The van der Waals surface area contributed by atoms with Gasteiger partial charge in [-0.2, -0.15) is 0 Å². The SMILES string of the molecule is COC(=O)Nc1ccc2c(c1)NC(=O)C(C)CCC[C@H](Nc1nnn(-c3cccc(Cl)c3F)c1C)c1cc-2c(F)cn1. The number of benzene rings is 2. The largest absolute Gasteiger partial charge is 0.453 e. The van der Waals surface area contributed by atoms with Crippen molar-refractivity contribution in [3.05, 3.63) is 76.7 Å². The van der Waals surface area contributed by atoms with Crippen LogP contribution in [0.1, 0.15) is 43.6 Å². The van der Waals surface area contributed by atoms with E-state index in [0.717, 1.165) is 6.20 Å². The van der Waals surface area contributed by atoms with E-state index in [1.165, 1.54) is 17.9 Å². The molecule has 3 N–H and O–H groups in total. The Hall–Kier alpha value is -4.58. The summed E-state index contributed by atoms with van der Waals surface area (Å²) in [5.41, 5.74) is 2.53. The lowest BCUT2D eigenvalue weighted by molar-refractivity contribution is -0.119. The molecule has 13 heteroatoms. The van der Waals surface area contributed by atoms with Crippen molar-refractivity contribution in [3.63, 3.8) is 0 Å². The van der Waals surface area contributed by atoms with Gasteiger partial charge in [-0.3, -0.25) is 15.1 Å². The zero-order chi connectivity index (χ0) is 30.0. The maximum atomic E-state index is 15.3. The highest BCUT2D eigenvalue weighted by atomic mass is 35.5. The standard InChI is InChI=1S/C29H28ClF2N7O3/c1-15-6-4-8-22(35-27-16(2)39(38-37-27)25-9-5-7-20(30)26(25)32)24-13-19(21(31)14-33-24)18-11-10-17(34-29(41)42-3)12-23(18)36-28(15)40/h5,7,9-15,22,35H,4,6,8H2,1-3H3,(H,34,41)(H,36,40)/t15?,22-/m0/s1. The van der Waals surface area contributed by atoms with Crippen LogP contribution in [0.15, 0.2) is 48.7 Å². The molecule has 0 fully saturated rings. The van der Waals surface area contributed by atoms with Gasteiger partial charge >= 0.3 is 6.09 Å². The van der Waals surface area contributed by atoms with Gasteiger partial charge in [0, 0.05) is 22.7 Å². The van der Waals surface area contributed by atoms with E-state index in [0.29, 0.717) is 53.4 Å². The molecule has 0 spiro atoms. The highest BCUT2D eigenvalue weighted by Gasteiger charge is 2.24. The Labute approximate surface area is 245 Å². The van der Waals surface area contributed by atoms with Crippen molar-refractivity contribution in [2.75, 3.05) is 23.1 Å². The molecule has 2 amide bonds. The van der Waals surface area contributed by atoms with Crippen molar-refractivity contribution in [2.24, 2.45) is 5.92 Å². The summed E-state index contributed by atoms with van der Waals surface area (Å²) in [6, 6.07) is 10.5. The molecular weight excluding hydrogens is 568 g/mol. The highest BCUT2D eigenvalue weighted by molar-refractivity contribution is 6.30. The number of amides is 2. The van der Waals surface area contributed by atoms with Gasteiger partial charge in [-0.25, -0.2) is 18.3 Å². The van der Waals surface area contributed by atoms with Gasteiger partial charge in [0.1, 0.15) is 11.5 Å². The molecule has 2 aromatic carbocycles. The zero-order valence-corrected chi connectivity index (χ0v) is 23.8. The quantitative estimate of drug-likeness (QED) is 0.241. The van der Waals surface area contributed by atoms with Crippen LogP contribution >= 0.6 is 11.6 Å². The van der Waals surface area contributed by atoms with Crippen LogP contribution in [0.4, 0.5) is 30.8 Å². The summed E-state index contributed by atoms with van der Waals surface area (Å²) in [5.74, 6) is -1.42. The monoisotopic (exact) mass is 595 g/mol. The third-order valence-electron chi connectivity index (χ3n) is 7.18. The molecule has 0 saturated carbocycles. The highest BCUT2D eigenvalue weighted by Crippen LogP contribution is 2.36. The fourth-order valence-corrected chi connectivity index (χ4v) is 4.97. The van der Waals surface area contributed by atoms with E-state index in [2.05, 4.69) is 36.0 Å². The number of carbonyl (C=O) groups excluding carboxylic acids is 2. The smallest absolute Gasteiger partial charge is 0.411 e. The molecule has 0 aliphatic carbocycles. The average molecular weight is 596 g/mol. The molecule has 42 heavy (non-hydrogen) atoms. The topological polar surface area (TPSA) is 123 Å². The van der Waals surface area contributed by atoms with Crippen LogP contribution in [0.5, 0.6) is 0 Å². The van der Waals surface area contributed by atoms with Gasteiger partial charge in [0.25, 0.3) is 0 Å². The van der Waals surface area contributed by atoms with E-state index in [1.807, 2.05) is 6.92 Å². The number of fused-ring (bicyclic) bond motifs is 4. The molecule has 10 nitrogen and oxygen atoms in total.